The lowest BCUT2D eigenvalue weighted by molar-refractivity contribution is -0.157. The quantitative estimate of drug-likeness (QED) is 0.662. The fraction of sp³-hybridized carbons (Fsp3) is 0.286. The Hall–Kier alpha value is -3.10. The highest BCUT2D eigenvalue weighted by atomic mass is 16.6. The Balaban J connectivity index is 1.92. The average Bonchev–Trinajstić information content (AvgIpc) is 2.47. The maximum Gasteiger partial charge on any atom is 0.318 e. The minimum absolute atomic E-state index is 0.381. The number of primary amides is 1. The molecule has 0 fully saturated rings. The van der Waals surface area contributed by atoms with Crippen molar-refractivity contribution in [2.24, 2.45) is 5.73 Å². The molecule has 2 atom stereocenters. The minimum atomic E-state index is -1.23. The van der Waals surface area contributed by atoms with Gasteiger partial charge in [-0.2, -0.15) is 0 Å². The van der Waals surface area contributed by atoms with Gasteiger partial charge in [0.1, 0.15) is 5.75 Å². The Morgan fingerprint density at radius 2 is 2.09 bits per heavy atom. The zero-order valence-electron chi connectivity index (χ0n) is 12.2. The van der Waals surface area contributed by atoms with E-state index in [-0.39, 0.29) is 6.42 Å². The largest absolute Gasteiger partial charge is 0.478 e. The van der Waals surface area contributed by atoms with Crippen molar-refractivity contribution in [3.8, 4) is 5.75 Å². The van der Waals surface area contributed by atoms with Crippen molar-refractivity contribution in [3.05, 3.63) is 24.3 Å². The van der Waals surface area contributed by atoms with Crippen LogP contribution in [-0.4, -0.2) is 36.0 Å². The molecule has 1 aliphatic heterocycles. The number of benzene rings is 1. The Bertz CT molecular complexity index is 660. The summed E-state index contributed by atoms with van der Waals surface area (Å²) in [7, 11) is 0. The lowest BCUT2D eigenvalue weighted by Gasteiger charge is -2.25. The number of hydrogen-bond donors (Lipinski definition) is 3. The molecular weight excluding hydrogens is 306 g/mol. The fourth-order valence-electron chi connectivity index (χ4n) is 1.90. The van der Waals surface area contributed by atoms with E-state index in [1.807, 2.05) is 0 Å². The predicted octanol–water partition coefficient (Wildman–Crippen LogP) is -0.0972. The summed E-state index contributed by atoms with van der Waals surface area (Å²) >= 11 is 0. The van der Waals surface area contributed by atoms with Crippen LogP contribution < -0.4 is 21.1 Å². The molecule has 9 nitrogen and oxygen atoms in total. The van der Waals surface area contributed by atoms with Crippen LogP contribution in [0.5, 0.6) is 5.75 Å². The molecule has 0 spiro atoms. The summed E-state index contributed by atoms with van der Waals surface area (Å²) in [6.07, 6.45) is -2.67. The number of carbonyl (C=O) groups is 4. The van der Waals surface area contributed by atoms with E-state index >= 15 is 0 Å². The summed E-state index contributed by atoms with van der Waals surface area (Å²) in [5, 5.41) is 4.39. The van der Waals surface area contributed by atoms with Crippen LogP contribution in [0, 0.1) is 0 Å². The molecule has 4 N–H and O–H groups in total. The Labute approximate surface area is 131 Å². The highest BCUT2D eigenvalue weighted by molar-refractivity contribution is 6.00. The monoisotopic (exact) mass is 321 g/mol. The van der Waals surface area contributed by atoms with Crippen LogP contribution in [0.1, 0.15) is 13.3 Å². The van der Waals surface area contributed by atoms with E-state index in [4.69, 9.17) is 15.2 Å². The molecule has 1 heterocycles. The second-order valence-corrected chi connectivity index (χ2v) is 4.78. The first-order valence-electron chi connectivity index (χ1n) is 6.73. The normalized spacial score (nSPS) is 17.1. The molecule has 1 aromatic carbocycles. The summed E-state index contributed by atoms with van der Waals surface area (Å²) in [5.74, 6) is -1.74. The van der Waals surface area contributed by atoms with Gasteiger partial charge in [-0.1, -0.05) is 12.1 Å². The first kappa shape index (κ1) is 16.3. The Morgan fingerprint density at radius 3 is 2.78 bits per heavy atom. The number of esters is 1. The first-order chi connectivity index (χ1) is 10.9. The molecule has 0 saturated carbocycles. The first-order valence-corrected chi connectivity index (χ1v) is 6.73. The number of anilines is 1. The number of fused-ring (bicyclic) bond motifs is 1. The van der Waals surface area contributed by atoms with Crippen molar-refractivity contribution in [3.63, 3.8) is 0 Å². The van der Waals surface area contributed by atoms with Gasteiger partial charge in [0.25, 0.3) is 11.8 Å². The van der Waals surface area contributed by atoms with Crippen LogP contribution in [0.2, 0.25) is 0 Å². The van der Waals surface area contributed by atoms with Crippen molar-refractivity contribution in [2.45, 2.75) is 25.6 Å². The number of carbonyl (C=O) groups excluding carboxylic acids is 4. The molecule has 0 bridgehead atoms. The number of ether oxygens (including phenoxy) is 2. The number of amides is 4. The van der Waals surface area contributed by atoms with Gasteiger partial charge >= 0.3 is 12.0 Å². The van der Waals surface area contributed by atoms with Crippen LogP contribution >= 0.6 is 0 Å². The van der Waals surface area contributed by atoms with Crippen LogP contribution in [0.15, 0.2) is 24.3 Å². The third kappa shape index (κ3) is 4.19. The molecule has 2 rings (SSSR count). The van der Waals surface area contributed by atoms with Crippen molar-refractivity contribution < 1.29 is 28.7 Å². The number of hydrogen-bond acceptors (Lipinski definition) is 6. The van der Waals surface area contributed by atoms with Gasteiger partial charge in [-0.25, -0.2) is 4.79 Å². The summed E-state index contributed by atoms with van der Waals surface area (Å²) in [4.78, 5) is 45.6. The van der Waals surface area contributed by atoms with E-state index in [0.29, 0.717) is 11.4 Å². The van der Waals surface area contributed by atoms with Crippen molar-refractivity contribution in [2.75, 3.05) is 5.32 Å². The van der Waals surface area contributed by atoms with Crippen LogP contribution in [-0.2, 0) is 19.1 Å². The third-order valence-electron chi connectivity index (χ3n) is 2.98. The Morgan fingerprint density at radius 1 is 1.39 bits per heavy atom. The Kier molecular flexibility index (Phi) is 4.79. The molecule has 23 heavy (non-hydrogen) atoms. The van der Waals surface area contributed by atoms with Crippen molar-refractivity contribution >= 4 is 29.5 Å². The third-order valence-corrected chi connectivity index (χ3v) is 2.98. The van der Waals surface area contributed by atoms with Crippen molar-refractivity contribution in [1.29, 1.82) is 0 Å². The SMILES string of the molecule is C[C@@H](OC(=O)C[C@@H]1Oc2ccccc2NC1=O)C(=O)NC(N)=O. The fourth-order valence-corrected chi connectivity index (χ4v) is 1.90. The highest BCUT2D eigenvalue weighted by Gasteiger charge is 2.31. The topological polar surface area (TPSA) is 137 Å². The standard InChI is InChI=1S/C14H15N3O6/c1-7(12(19)17-14(15)21)22-11(18)6-10-13(20)16-8-4-2-3-5-9(8)23-10/h2-5,7,10H,6H2,1H3,(H,16,20)(H3,15,17,19,21)/t7-,10+/m1/s1. The van der Waals surface area contributed by atoms with E-state index < -0.39 is 36.0 Å². The van der Waals surface area contributed by atoms with Crippen molar-refractivity contribution in [1.82, 2.24) is 5.32 Å². The number of para-hydroxylation sites is 2. The number of nitrogens with two attached hydrogens (primary N) is 1. The molecule has 4 amide bonds. The van der Waals surface area contributed by atoms with Gasteiger partial charge in [-0.05, 0) is 19.1 Å². The second-order valence-electron chi connectivity index (χ2n) is 4.78. The van der Waals surface area contributed by atoms with Gasteiger partial charge < -0.3 is 20.5 Å². The number of nitrogens with one attached hydrogen (secondary N) is 2. The highest BCUT2D eigenvalue weighted by Crippen LogP contribution is 2.29. The van der Waals surface area contributed by atoms with Gasteiger partial charge in [-0.3, -0.25) is 19.7 Å². The molecule has 0 unspecified atom stereocenters. The molecular formula is C14H15N3O6. The van der Waals surface area contributed by atoms with Crippen LogP contribution in [0.4, 0.5) is 10.5 Å². The molecule has 122 valence electrons. The van der Waals surface area contributed by atoms with E-state index in [9.17, 15) is 19.2 Å². The molecule has 0 aromatic heterocycles. The average molecular weight is 321 g/mol. The van der Waals surface area contributed by atoms with Gasteiger partial charge in [0, 0.05) is 0 Å². The summed E-state index contributed by atoms with van der Waals surface area (Å²) in [5.41, 5.74) is 5.30. The molecule has 1 aliphatic rings. The van der Waals surface area contributed by atoms with Crippen LogP contribution in [0.3, 0.4) is 0 Å². The van der Waals surface area contributed by atoms with E-state index in [0.717, 1.165) is 0 Å². The lowest BCUT2D eigenvalue weighted by Crippen LogP contribution is -2.43. The van der Waals surface area contributed by atoms with Gasteiger partial charge in [0.05, 0.1) is 12.1 Å². The maximum atomic E-state index is 11.9. The number of imide groups is 1. The zero-order valence-corrected chi connectivity index (χ0v) is 12.2. The van der Waals surface area contributed by atoms with E-state index in [2.05, 4.69) is 5.32 Å². The zero-order chi connectivity index (χ0) is 17.0. The minimum Gasteiger partial charge on any atom is -0.478 e. The molecule has 1 aromatic rings. The van der Waals surface area contributed by atoms with E-state index in [1.165, 1.54) is 6.92 Å². The molecule has 0 radical (unpaired) electrons. The van der Waals surface area contributed by atoms with Gasteiger partial charge in [-0.15, -0.1) is 0 Å². The predicted molar refractivity (Wildman–Crippen MR) is 77.4 cm³/mol. The maximum absolute atomic E-state index is 11.9. The smallest absolute Gasteiger partial charge is 0.318 e. The molecule has 0 saturated heterocycles. The van der Waals surface area contributed by atoms with E-state index in [1.54, 1.807) is 29.6 Å². The van der Waals surface area contributed by atoms with Gasteiger partial charge in [0.15, 0.2) is 12.2 Å². The molecule has 9 heteroatoms. The summed E-state index contributed by atoms with van der Waals surface area (Å²) in [6, 6.07) is 5.72. The summed E-state index contributed by atoms with van der Waals surface area (Å²) < 4.78 is 10.3. The summed E-state index contributed by atoms with van der Waals surface area (Å²) in [6.45, 7) is 1.27. The van der Waals surface area contributed by atoms with Crippen LogP contribution in [0.25, 0.3) is 0 Å². The number of urea groups is 1. The number of rotatable bonds is 4. The molecule has 0 aliphatic carbocycles. The second kappa shape index (κ2) is 6.77. The lowest BCUT2D eigenvalue weighted by atomic mass is 10.1. The van der Waals surface area contributed by atoms with Gasteiger partial charge in [0.2, 0.25) is 0 Å².